The van der Waals surface area contributed by atoms with Gasteiger partial charge in [-0.2, -0.15) is 0 Å². The molecule has 0 N–H and O–H groups in total. The SMILES string of the molecule is COC(=O)c1cnc(N2CCC(N(C)c3ccccc3)CC2)c([N+](=O)[O-])c1. The van der Waals surface area contributed by atoms with Crippen LogP contribution >= 0.6 is 0 Å². The van der Waals surface area contributed by atoms with Gasteiger partial charge in [-0.15, -0.1) is 0 Å². The summed E-state index contributed by atoms with van der Waals surface area (Å²) < 4.78 is 4.62. The van der Waals surface area contributed by atoms with Gasteiger partial charge in [0.2, 0.25) is 5.82 Å². The number of esters is 1. The van der Waals surface area contributed by atoms with E-state index in [9.17, 15) is 14.9 Å². The smallest absolute Gasteiger partial charge is 0.339 e. The Hall–Kier alpha value is -3.16. The standard InChI is InChI=1S/C19H22N4O4/c1-21(15-6-4-3-5-7-15)16-8-10-22(11-9-16)18-17(23(25)26)12-14(13-20-18)19(24)27-2/h3-7,12-13,16H,8-11H2,1-2H3. The van der Waals surface area contributed by atoms with E-state index in [1.165, 1.54) is 19.4 Å². The molecule has 27 heavy (non-hydrogen) atoms. The van der Waals surface area contributed by atoms with Gasteiger partial charge < -0.3 is 14.5 Å². The fraction of sp³-hybridized carbons (Fsp3) is 0.368. The number of para-hydroxylation sites is 1. The molecule has 8 heteroatoms. The molecule has 8 nitrogen and oxygen atoms in total. The van der Waals surface area contributed by atoms with Crippen molar-refractivity contribution in [1.29, 1.82) is 0 Å². The van der Waals surface area contributed by atoms with Gasteiger partial charge in [0.05, 0.1) is 17.6 Å². The first-order chi connectivity index (χ1) is 13.0. The quantitative estimate of drug-likeness (QED) is 0.454. The van der Waals surface area contributed by atoms with Gasteiger partial charge in [-0.3, -0.25) is 10.1 Å². The molecule has 0 bridgehead atoms. The van der Waals surface area contributed by atoms with Gasteiger partial charge in [0.1, 0.15) is 0 Å². The van der Waals surface area contributed by atoms with E-state index in [1.54, 1.807) is 0 Å². The van der Waals surface area contributed by atoms with Gasteiger partial charge in [-0.05, 0) is 25.0 Å². The zero-order valence-corrected chi connectivity index (χ0v) is 15.4. The lowest BCUT2D eigenvalue weighted by atomic mass is 10.0. The van der Waals surface area contributed by atoms with E-state index in [1.807, 2.05) is 23.1 Å². The molecule has 1 fully saturated rings. The third kappa shape index (κ3) is 3.99. The summed E-state index contributed by atoms with van der Waals surface area (Å²) in [5.74, 6) is -0.339. The van der Waals surface area contributed by atoms with Crippen LogP contribution in [0.15, 0.2) is 42.6 Å². The van der Waals surface area contributed by atoms with Crippen LogP contribution in [-0.2, 0) is 4.74 Å². The lowest BCUT2D eigenvalue weighted by Crippen LogP contribution is -2.44. The maximum atomic E-state index is 11.6. The number of rotatable bonds is 5. The largest absolute Gasteiger partial charge is 0.465 e. The van der Waals surface area contributed by atoms with Crippen LogP contribution in [0.3, 0.4) is 0 Å². The van der Waals surface area contributed by atoms with Crippen molar-refractivity contribution < 1.29 is 14.5 Å². The van der Waals surface area contributed by atoms with Crippen LogP contribution in [0.25, 0.3) is 0 Å². The molecule has 0 aliphatic carbocycles. The van der Waals surface area contributed by atoms with Crippen molar-refractivity contribution >= 4 is 23.2 Å². The lowest BCUT2D eigenvalue weighted by molar-refractivity contribution is -0.384. The third-order valence-electron chi connectivity index (χ3n) is 4.94. The highest BCUT2D eigenvalue weighted by molar-refractivity contribution is 5.90. The molecule has 0 spiro atoms. The summed E-state index contributed by atoms with van der Waals surface area (Å²) in [6.45, 7) is 1.32. The number of ether oxygens (including phenoxy) is 1. The average Bonchev–Trinajstić information content (AvgIpc) is 2.73. The summed E-state index contributed by atoms with van der Waals surface area (Å²) in [6.07, 6.45) is 3.06. The number of carbonyl (C=O) groups excluding carboxylic acids is 1. The number of nitrogens with zero attached hydrogens (tertiary/aromatic N) is 4. The molecule has 0 amide bonds. The Bertz CT molecular complexity index is 820. The fourth-order valence-electron chi connectivity index (χ4n) is 3.39. The summed E-state index contributed by atoms with van der Waals surface area (Å²) in [5, 5.41) is 11.5. The van der Waals surface area contributed by atoms with Crippen molar-refractivity contribution in [2.75, 3.05) is 37.0 Å². The van der Waals surface area contributed by atoms with E-state index in [0.717, 1.165) is 18.5 Å². The molecular formula is C19H22N4O4. The van der Waals surface area contributed by atoms with Crippen LogP contribution in [0.2, 0.25) is 0 Å². The van der Waals surface area contributed by atoms with E-state index < -0.39 is 10.9 Å². The van der Waals surface area contributed by atoms with Gasteiger partial charge in [0.25, 0.3) is 0 Å². The van der Waals surface area contributed by atoms with Crippen LogP contribution in [0.4, 0.5) is 17.2 Å². The van der Waals surface area contributed by atoms with Crippen molar-refractivity contribution in [2.45, 2.75) is 18.9 Å². The summed E-state index contributed by atoms with van der Waals surface area (Å²) in [6, 6.07) is 11.7. The minimum absolute atomic E-state index is 0.0756. The summed E-state index contributed by atoms with van der Waals surface area (Å²) >= 11 is 0. The van der Waals surface area contributed by atoms with Crippen molar-refractivity contribution in [2.24, 2.45) is 0 Å². The van der Waals surface area contributed by atoms with Crippen LogP contribution in [0.1, 0.15) is 23.2 Å². The molecular weight excluding hydrogens is 348 g/mol. The van der Waals surface area contributed by atoms with Crippen molar-refractivity contribution in [3.63, 3.8) is 0 Å². The van der Waals surface area contributed by atoms with Crippen LogP contribution in [-0.4, -0.2) is 49.2 Å². The molecule has 1 aromatic heterocycles. The van der Waals surface area contributed by atoms with Gasteiger partial charge >= 0.3 is 11.7 Å². The van der Waals surface area contributed by atoms with Gasteiger partial charge in [0.15, 0.2) is 0 Å². The Morgan fingerprint density at radius 1 is 1.30 bits per heavy atom. The van der Waals surface area contributed by atoms with Crippen molar-refractivity contribution in [1.82, 2.24) is 4.98 Å². The molecule has 0 radical (unpaired) electrons. The van der Waals surface area contributed by atoms with Crippen LogP contribution in [0.5, 0.6) is 0 Å². The minimum atomic E-state index is -0.639. The fourth-order valence-corrected chi connectivity index (χ4v) is 3.39. The first-order valence-corrected chi connectivity index (χ1v) is 8.77. The minimum Gasteiger partial charge on any atom is -0.465 e. The van der Waals surface area contributed by atoms with Crippen LogP contribution < -0.4 is 9.80 Å². The normalized spacial score (nSPS) is 14.7. The molecule has 1 aliphatic heterocycles. The lowest BCUT2D eigenvalue weighted by Gasteiger charge is -2.38. The highest BCUT2D eigenvalue weighted by Crippen LogP contribution is 2.30. The van der Waals surface area contributed by atoms with Gasteiger partial charge in [0, 0.05) is 44.1 Å². The molecule has 3 rings (SSSR count). The topological polar surface area (TPSA) is 88.8 Å². The highest BCUT2D eigenvalue weighted by Gasteiger charge is 2.29. The zero-order chi connectivity index (χ0) is 19.4. The average molecular weight is 370 g/mol. The Labute approximate surface area is 157 Å². The monoisotopic (exact) mass is 370 g/mol. The van der Waals surface area contributed by atoms with E-state index >= 15 is 0 Å². The van der Waals surface area contributed by atoms with E-state index in [0.29, 0.717) is 24.9 Å². The highest BCUT2D eigenvalue weighted by atomic mass is 16.6. The Morgan fingerprint density at radius 3 is 2.56 bits per heavy atom. The number of aromatic nitrogens is 1. The molecule has 142 valence electrons. The van der Waals surface area contributed by atoms with Crippen molar-refractivity contribution in [3.8, 4) is 0 Å². The second-order valence-electron chi connectivity index (χ2n) is 6.48. The maximum absolute atomic E-state index is 11.6. The molecule has 0 unspecified atom stereocenters. The molecule has 2 heterocycles. The number of hydrogen-bond donors (Lipinski definition) is 0. The first kappa shape index (κ1) is 18.6. The Balaban J connectivity index is 1.74. The predicted octanol–water partition coefficient (Wildman–Crippen LogP) is 2.88. The second kappa shape index (κ2) is 8.03. The zero-order valence-electron chi connectivity index (χ0n) is 15.4. The third-order valence-corrected chi connectivity index (χ3v) is 4.94. The molecule has 1 saturated heterocycles. The molecule has 2 aromatic rings. The maximum Gasteiger partial charge on any atom is 0.339 e. The summed E-state index contributed by atoms with van der Waals surface area (Å²) in [4.78, 5) is 30.9. The van der Waals surface area contributed by atoms with E-state index in [4.69, 9.17) is 0 Å². The number of methoxy groups -OCH3 is 1. The Morgan fingerprint density at radius 2 is 1.96 bits per heavy atom. The van der Waals surface area contributed by atoms with Crippen molar-refractivity contribution in [3.05, 3.63) is 58.3 Å². The second-order valence-corrected chi connectivity index (χ2v) is 6.48. The number of anilines is 2. The first-order valence-electron chi connectivity index (χ1n) is 8.77. The molecule has 1 aliphatic rings. The van der Waals surface area contributed by atoms with E-state index in [-0.39, 0.29) is 11.3 Å². The van der Waals surface area contributed by atoms with Crippen LogP contribution in [0, 0.1) is 10.1 Å². The van der Waals surface area contributed by atoms with E-state index in [2.05, 4.69) is 33.8 Å². The number of nitro groups is 1. The molecule has 1 aromatic carbocycles. The number of hydrogen-bond acceptors (Lipinski definition) is 7. The number of benzene rings is 1. The van der Waals surface area contributed by atoms with Gasteiger partial charge in [-0.25, -0.2) is 9.78 Å². The summed E-state index contributed by atoms with van der Waals surface area (Å²) in [7, 11) is 3.30. The molecule has 0 atom stereocenters. The summed E-state index contributed by atoms with van der Waals surface area (Å²) in [5.41, 5.74) is 1.06. The number of carbonyl (C=O) groups is 1. The Kier molecular flexibility index (Phi) is 5.54. The molecule has 0 saturated carbocycles. The van der Waals surface area contributed by atoms with Gasteiger partial charge in [-0.1, -0.05) is 18.2 Å². The number of piperidine rings is 1. The number of pyridine rings is 1. The predicted molar refractivity (Wildman–Crippen MR) is 102 cm³/mol.